The van der Waals surface area contributed by atoms with E-state index in [1.54, 1.807) is 6.20 Å². The monoisotopic (exact) mass is 366 g/mol. The van der Waals surface area contributed by atoms with E-state index in [4.69, 9.17) is 4.74 Å². The van der Waals surface area contributed by atoms with Gasteiger partial charge in [0.2, 0.25) is 11.8 Å². The number of piperidine rings is 1. The van der Waals surface area contributed by atoms with Gasteiger partial charge < -0.3 is 9.64 Å². The molecule has 0 radical (unpaired) electrons. The first-order valence-corrected chi connectivity index (χ1v) is 11.1. The summed E-state index contributed by atoms with van der Waals surface area (Å²) in [5, 5.41) is 0. The molecule has 2 aliphatic heterocycles. The van der Waals surface area contributed by atoms with E-state index in [1.807, 2.05) is 18.2 Å². The summed E-state index contributed by atoms with van der Waals surface area (Å²) in [5.41, 5.74) is 0.00424. The molecule has 1 amide bonds. The normalized spacial score (nSPS) is 44.5. The highest BCUT2D eigenvalue weighted by Gasteiger charge is 2.58. The highest BCUT2D eigenvalue weighted by Crippen LogP contribution is 2.61. The van der Waals surface area contributed by atoms with Crippen molar-refractivity contribution in [2.45, 2.75) is 82.4 Å². The molecular formula is C23H30N2O2. The van der Waals surface area contributed by atoms with Gasteiger partial charge in [-0.25, -0.2) is 4.98 Å². The number of amides is 1. The molecule has 144 valence electrons. The van der Waals surface area contributed by atoms with E-state index in [-0.39, 0.29) is 11.5 Å². The van der Waals surface area contributed by atoms with Gasteiger partial charge in [0.1, 0.15) is 6.10 Å². The Morgan fingerprint density at radius 1 is 0.963 bits per heavy atom. The van der Waals surface area contributed by atoms with E-state index in [0.717, 1.165) is 49.3 Å². The Balaban J connectivity index is 1.20. The van der Waals surface area contributed by atoms with Crippen molar-refractivity contribution >= 4 is 5.91 Å². The summed E-state index contributed by atoms with van der Waals surface area (Å²) in [7, 11) is 0. The van der Waals surface area contributed by atoms with Gasteiger partial charge in [0.25, 0.3) is 0 Å². The van der Waals surface area contributed by atoms with Gasteiger partial charge in [-0.2, -0.15) is 0 Å². The van der Waals surface area contributed by atoms with E-state index in [0.29, 0.717) is 18.0 Å². The van der Waals surface area contributed by atoms with Gasteiger partial charge in [-0.05, 0) is 75.2 Å². The molecule has 1 aromatic rings. The van der Waals surface area contributed by atoms with Crippen LogP contribution in [0, 0.1) is 23.2 Å². The van der Waals surface area contributed by atoms with Gasteiger partial charge >= 0.3 is 0 Å². The summed E-state index contributed by atoms with van der Waals surface area (Å²) in [5.74, 6) is 3.77. The first-order valence-electron chi connectivity index (χ1n) is 11.1. The van der Waals surface area contributed by atoms with Gasteiger partial charge in [-0.3, -0.25) is 4.79 Å². The second-order valence-corrected chi connectivity index (χ2v) is 10.2. The lowest BCUT2D eigenvalue weighted by Gasteiger charge is -2.57. The second-order valence-electron chi connectivity index (χ2n) is 10.2. The summed E-state index contributed by atoms with van der Waals surface area (Å²) in [6.07, 6.45) is 14.0. The van der Waals surface area contributed by atoms with Crippen LogP contribution in [-0.4, -0.2) is 34.0 Å². The summed E-state index contributed by atoms with van der Waals surface area (Å²) < 4.78 is 6.16. The molecule has 2 unspecified atom stereocenters. The molecule has 4 saturated carbocycles. The van der Waals surface area contributed by atoms with Gasteiger partial charge in [0.05, 0.1) is 5.41 Å². The molecule has 0 N–H and O–H groups in total. The van der Waals surface area contributed by atoms with Crippen molar-refractivity contribution in [3.63, 3.8) is 0 Å². The number of hydrogen-bond donors (Lipinski definition) is 0. The van der Waals surface area contributed by atoms with Crippen LogP contribution in [0.15, 0.2) is 24.4 Å². The molecule has 6 bridgehead atoms. The second kappa shape index (κ2) is 5.96. The van der Waals surface area contributed by atoms with Crippen LogP contribution in [0.5, 0.6) is 5.88 Å². The minimum atomic E-state index is 0.00424. The number of carbonyl (C=O) groups excluding carboxylic acids is 1. The minimum Gasteiger partial charge on any atom is -0.474 e. The van der Waals surface area contributed by atoms with Gasteiger partial charge in [0.15, 0.2) is 0 Å². The van der Waals surface area contributed by atoms with E-state index >= 15 is 0 Å². The number of aromatic nitrogens is 1. The van der Waals surface area contributed by atoms with Crippen molar-refractivity contribution in [2.24, 2.45) is 23.2 Å². The number of ether oxygens (including phenoxy) is 1. The van der Waals surface area contributed by atoms with Crippen LogP contribution >= 0.6 is 0 Å². The Morgan fingerprint density at radius 3 is 2.15 bits per heavy atom. The third kappa shape index (κ3) is 2.62. The lowest BCUT2D eigenvalue weighted by molar-refractivity contribution is -0.163. The van der Waals surface area contributed by atoms with Crippen LogP contribution in [0.25, 0.3) is 0 Å². The maximum absolute atomic E-state index is 13.9. The largest absolute Gasteiger partial charge is 0.474 e. The molecule has 7 rings (SSSR count). The van der Waals surface area contributed by atoms with Crippen molar-refractivity contribution in [2.75, 3.05) is 0 Å². The van der Waals surface area contributed by atoms with Crippen molar-refractivity contribution in [3.05, 3.63) is 24.4 Å². The first-order chi connectivity index (χ1) is 13.2. The highest BCUT2D eigenvalue weighted by atomic mass is 16.5. The molecule has 27 heavy (non-hydrogen) atoms. The molecule has 0 aromatic carbocycles. The van der Waals surface area contributed by atoms with Crippen LogP contribution in [-0.2, 0) is 4.79 Å². The third-order valence-electron chi connectivity index (χ3n) is 8.34. The lowest BCUT2D eigenvalue weighted by atomic mass is 9.49. The molecule has 4 heteroatoms. The quantitative estimate of drug-likeness (QED) is 0.805. The van der Waals surface area contributed by atoms with Crippen LogP contribution in [0.2, 0.25) is 0 Å². The number of hydrogen-bond acceptors (Lipinski definition) is 3. The summed E-state index contributed by atoms with van der Waals surface area (Å²) in [6, 6.07) is 6.61. The Morgan fingerprint density at radius 2 is 1.59 bits per heavy atom. The Bertz CT molecular complexity index is 684. The molecule has 0 spiro atoms. The van der Waals surface area contributed by atoms with Crippen molar-refractivity contribution < 1.29 is 9.53 Å². The molecule has 4 nitrogen and oxygen atoms in total. The molecule has 6 aliphatic rings. The molecule has 6 fully saturated rings. The lowest BCUT2D eigenvalue weighted by Crippen LogP contribution is -2.59. The summed E-state index contributed by atoms with van der Waals surface area (Å²) >= 11 is 0. The number of fused-ring (bicyclic) bond motifs is 2. The predicted octanol–water partition coefficient (Wildman–Crippen LogP) is 4.20. The van der Waals surface area contributed by atoms with Gasteiger partial charge in [0, 0.05) is 37.2 Å². The number of carbonyl (C=O) groups is 1. The Hall–Kier alpha value is -1.58. The zero-order valence-corrected chi connectivity index (χ0v) is 16.1. The average molecular weight is 367 g/mol. The topological polar surface area (TPSA) is 42.4 Å². The Labute approximate surface area is 161 Å². The fourth-order valence-electron chi connectivity index (χ4n) is 7.79. The number of pyridine rings is 1. The minimum absolute atomic E-state index is 0.00424. The first kappa shape index (κ1) is 16.4. The summed E-state index contributed by atoms with van der Waals surface area (Å²) in [6.45, 7) is 0. The molecule has 3 heterocycles. The summed E-state index contributed by atoms with van der Waals surface area (Å²) in [4.78, 5) is 20.5. The fraction of sp³-hybridized carbons (Fsp3) is 0.739. The standard InChI is InChI=1S/C23H30N2O2/c26-22(23-12-15-7-16(13-23)9-17(8-15)14-23)25-18-4-5-19(25)11-20(10-18)27-21-3-1-2-6-24-21/h1-3,6,15-20H,4-5,7-14H2. The molecular weight excluding hydrogens is 336 g/mol. The van der Waals surface area contributed by atoms with Crippen LogP contribution in [0.4, 0.5) is 0 Å². The van der Waals surface area contributed by atoms with Crippen molar-refractivity contribution in [1.82, 2.24) is 9.88 Å². The van der Waals surface area contributed by atoms with Crippen LogP contribution < -0.4 is 4.74 Å². The number of nitrogens with zero attached hydrogens (tertiary/aromatic N) is 2. The van der Waals surface area contributed by atoms with E-state index < -0.39 is 0 Å². The van der Waals surface area contributed by atoms with Crippen molar-refractivity contribution in [1.29, 1.82) is 0 Å². The van der Waals surface area contributed by atoms with E-state index in [1.165, 1.54) is 38.5 Å². The maximum atomic E-state index is 13.9. The van der Waals surface area contributed by atoms with Crippen LogP contribution in [0.1, 0.15) is 64.2 Å². The van der Waals surface area contributed by atoms with Crippen molar-refractivity contribution in [3.8, 4) is 5.88 Å². The third-order valence-corrected chi connectivity index (χ3v) is 8.34. The molecule has 2 atom stereocenters. The van der Waals surface area contributed by atoms with E-state index in [2.05, 4.69) is 9.88 Å². The molecule has 2 saturated heterocycles. The average Bonchev–Trinajstić information content (AvgIpc) is 2.91. The van der Waals surface area contributed by atoms with Crippen LogP contribution in [0.3, 0.4) is 0 Å². The van der Waals surface area contributed by atoms with Gasteiger partial charge in [-0.15, -0.1) is 0 Å². The zero-order chi connectivity index (χ0) is 18.0. The smallest absolute Gasteiger partial charge is 0.229 e. The number of rotatable bonds is 3. The fourth-order valence-corrected chi connectivity index (χ4v) is 7.79. The zero-order valence-electron chi connectivity index (χ0n) is 16.1. The molecule has 1 aromatic heterocycles. The SMILES string of the molecule is O=C(N1C2CCC1CC(Oc1ccccn1)C2)C12CC3CC(CC(C3)C1)C2. The highest BCUT2D eigenvalue weighted by molar-refractivity contribution is 5.84. The van der Waals surface area contributed by atoms with E-state index in [9.17, 15) is 4.79 Å². The van der Waals surface area contributed by atoms with Gasteiger partial charge in [-0.1, -0.05) is 6.07 Å². The molecule has 4 aliphatic carbocycles. The maximum Gasteiger partial charge on any atom is 0.229 e. The Kier molecular flexibility index (Phi) is 3.61. The predicted molar refractivity (Wildman–Crippen MR) is 102 cm³/mol.